The van der Waals surface area contributed by atoms with E-state index in [9.17, 15) is 4.79 Å². The fraction of sp³-hybridized carbons (Fsp3) is 0.500. The lowest BCUT2D eigenvalue weighted by molar-refractivity contribution is -0.126. The zero-order valence-corrected chi connectivity index (χ0v) is 9.56. The van der Waals surface area contributed by atoms with E-state index < -0.39 is 0 Å². The molecule has 1 aliphatic carbocycles. The molecule has 2 rings (SSSR count). The second-order valence-electron chi connectivity index (χ2n) is 4.52. The van der Waals surface area contributed by atoms with E-state index in [0.29, 0.717) is 22.7 Å². The van der Waals surface area contributed by atoms with Crippen LogP contribution in [0.3, 0.4) is 0 Å². The van der Waals surface area contributed by atoms with Gasteiger partial charge < -0.3 is 0 Å². The van der Waals surface area contributed by atoms with Crippen LogP contribution in [0.5, 0.6) is 0 Å². The third-order valence-electron chi connectivity index (χ3n) is 2.88. The Kier molecular flexibility index (Phi) is 2.48. The highest BCUT2D eigenvalue weighted by atomic mass is 32.2. The maximum atomic E-state index is 11.6. The lowest BCUT2D eigenvalue weighted by Crippen LogP contribution is -2.27. The quantitative estimate of drug-likeness (QED) is 0.606. The Morgan fingerprint density at radius 2 is 2.21 bits per heavy atom. The van der Waals surface area contributed by atoms with Gasteiger partial charge in [0.1, 0.15) is 5.78 Å². The van der Waals surface area contributed by atoms with E-state index in [1.54, 1.807) is 0 Å². The number of ketones is 1. The van der Waals surface area contributed by atoms with Gasteiger partial charge in [0.25, 0.3) is 0 Å². The number of carbonyl (C=O) groups is 1. The lowest BCUT2D eigenvalue weighted by atomic mass is 9.80. The van der Waals surface area contributed by atoms with E-state index in [-0.39, 0.29) is 5.41 Å². The van der Waals surface area contributed by atoms with Gasteiger partial charge in [-0.3, -0.25) is 4.79 Å². The van der Waals surface area contributed by atoms with Crippen molar-refractivity contribution < 1.29 is 4.79 Å². The summed E-state index contributed by atoms with van der Waals surface area (Å²) in [6, 6.07) is 0. The Balaban J connectivity index is 2.20. The van der Waals surface area contributed by atoms with Crippen LogP contribution in [0.2, 0.25) is 0 Å². The molecule has 14 heavy (non-hydrogen) atoms. The van der Waals surface area contributed by atoms with E-state index in [1.165, 1.54) is 4.91 Å². The van der Waals surface area contributed by atoms with Gasteiger partial charge in [0.15, 0.2) is 0 Å². The highest BCUT2D eigenvalue weighted by Gasteiger charge is 2.31. The molecule has 1 atom stereocenters. The van der Waals surface area contributed by atoms with Crippen LogP contribution in [0.1, 0.15) is 26.7 Å². The lowest BCUT2D eigenvalue weighted by Gasteiger charge is -2.29. The number of carbonyl (C=O) groups excluding carboxylic acids is 1. The van der Waals surface area contributed by atoms with Crippen LogP contribution in [0.15, 0.2) is 23.1 Å². The summed E-state index contributed by atoms with van der Waals surface area (Å²) in [6.07, 6.45) is 8.10. The minimum Gasteiger partial charge on any atom is -0.299 e. The second-order valence-corrected chi connectivity index (χ2v) is 6.51. The maximum absolute atomic E-state index is 11.6. The standard InChI is InChI=1S/C12H16OS/c1-12(2)9-10(5-6-11(12)13)14-7-3-4-8-14/h3-5,7H,6,8-9H2,1-2H3. The van der Waals surface area contributed by atoms with Crippen molar-refractivity contribution >= 4 is 21.6 Å². The van der Waals surface area contributed by atoms with E-state index in [1.807, 2.05) is 0 Å². The summed E-state index contributed by atoms with van der Waals surface area (Å²) in [5, 5.41) is 2.28. The van der Waals surface area contributed by atoms with Crippen LogP contribution in [-0.4, -0.2) is 16.9 Å². The molecule has 0 amide bonds. The predicted octanol–water partition coefficient (Wildman–Crippen LogP) is 2.90. The monoisotopic (exact) mass is 208 g/mol. The van der Waals surface area contributed by atoms with Crippen molar-refractivity contribution in [2.45, 2.75) is 26.7 Å². The molecule has 76 valence electrons. The summed E-state index contributed by atoms with van der Waals surface area (Å²) in [4.78, 5) is 13.1. The second kappa shape index (κ2) is 3.50. The van der Waals surface area contributed by atoms with Crippen molar-refractivity contribution in [3.8, 4) is 0 Å². The van der Waals surface area contributed by atoms with Crippen molar-refractivity contribution in [3.63, 3.8) is 0 Å². The summed E-state index contributed by atoms with van der Waals surface area (Å²) in [5.41, 5.74) is -0.131. The minimum atomic E-state index is -0.131. The highest BCUT2D eigenvalue weighted by molar-refractivity contribution is 8.18. The van der Waals surface area contributed by atoms with E-state index in [0.717, 1.165) is 12.2 Å². The molecule has 0 bridgehead atoms. The first-order valence-electron chi connectivity index (χ1n) is 5.02. The van der Waals surface area contributed by atoms with Gasteiger partial charge in [0.05, 0.1) is 0 Å². The zero-order valence-electron chi connectivity index (χ0n) is 8.75. The van der Waals surface area contributed by atoms with Crippen molar-refractivity contribution in [3.05, 3.63) is 23.1 Å². The smallest absolute Gasteiger partial charge is 0.142 e. The Hall–Kier alpha value is -0.630. The van der Waals surface area contributed by atoms with E-state index in [2.05, 4.69) is 37.4 Å². The first-order chi connectivity index (χ1) is 6.59. The number of hydrogen-bond acceptors (Lipinski definition) is 1. The highest BCUT2D eigenvalue weighted by Crippen LogP contribution is 2.41. The number of rotatable bonds is 1. The van der Waals surface area contributed by atoms with E-state index in [4.69, 9.17) is 0 Å². The fourth-order valence-electron chi connectivity index (χ4n) is 1.85. The van der Waals surface area contributed by atoms with Gasteiger partial charge in [-0.1, -0.05) is 32.1 Å². The van der Waals surface area contributed by atoms with Gasteiger partial charge >= 0.3 is 0 Å². The third kappa shape index (κ3) is 1.76. The molecule has 1 heterocycles. The Labute approximate surface area is 87.8 Å². The summed E-state index contributed by atoms with van der Waals surface area (Å²) in [6.45, 7) is 4.13. The maximum Gasteiger partial charge on any atom is 0.142 e. The predicted molar refractivity (Wildman–Crippen MR) is 63.8 cm³/mol. The molecule has 0 spiro atoms. The van der Waals surface area contributed by atoms with Crippen LogP contribution in [0.4, 0.5) is 0 Å². The Bertz CT molecular complexity index is 359. The molecule has 2 heteroatoms. The minimum absolute atomic E-state index is 0.131. The molecule has 0 saturated carbocycles. The summed E-state index contributed by atoms with van der Waals surface area (Å²) in [7, 11) is 0.298. The molecule has 2 aliphatic rings. The molecule has 0 radical (unpaired) electrons. The molecular formula is C12H16OS. The Morgan fingerprint density at radius 3 is 2.79 bits per heavy atom. The largest absolute Gasteiger partial charge is 0.299 e. The van der Waals surface area contributed by atoms with Gasteiger partial charge in [0.2, 0.25) is 0 Å². The first-order valence-corrected chi connectivity index (χ1v) is 6.47. The number of allylic oxidation sites excluding steroid dienone is 3. The van der Waals surface area contributed by atoms with Crippen LogP contribution < -0.4 is 0 Å². The fourth-order valence-corrected chi connectivity index (χ4v) is 3.81. The number of Topliss-reactive ketones (excluding diaryl/α,β-unsaturated/α-hetero) is 1. The van der Waals surface area contributed by atoms with E-state index >= 15 is 0 Å². The number of hydrogen-bond donors (Lipinski definition) is 0. The molecule has 0 N–H and O–H groups in total. The molecule has 0 aromatic carbocycles. The average molecular weight is 208 g/mol. The summed E-state index contributed by atoms with van der Waals surface area (Å²) >= 11 is 0. The molecular weight excluding hydrogens is 192 g/mol. The molecule has 1 aliphatic heterocycles. The van der Waals surface area contributed by atoms with Crippen molar-refractivity contribution in [1.82, 2.24) is 0 Å². The third-order valence-corrected chi connectivity index (χ3v) is 4.90. The summed E-state index contributed by atoms with van der Waals surface area (Å²) < 4.78 is 0. The molecule has 0 aromatic heterocycles. The van der Waals surface area contributed by atoms with Gasteiger partial charge in [0, 0.05) is 17.6 Å². The van der Waals surface area contributed by atoms with Crippen molar-refractivity contribution in [2.75, 3.05) is 5.75 Å². The average Bonchev–Trinajstić information content (AvgIpc) is 2.62. The van der Waals surface area contributed by atoms with Crippen LogP contribution in [-0.2, 0) is 4.79 Å². The molecule has 0 saturated heterocycles. The Morgan fingerprint density at radius 1 is 1.43 bits per heavy atom. The van der Waals surface area contributed by atoms with Gasteiger partial charge in [-0.15, -0.1) is 0 Å². The van der Waals surface area contributed by atoms with Gasteiger partial charge in [-0.05, 0) is 16.7 Å². The topological polar surface area (TPSA) is 17.1 Å². The normalized spacial score (nSPS) is 30.0. The first kappa shape index (κ1) is 9.91. The van der Waals surface area contributed by atoms with Crippen molar-refractivity contribution in [1.29, 1.82) is 0 Å². The van der Waals surface area contributed by atoms with Gasteiger partial charge in [-0.25, -0.2) is 0 Å². The zero-order chi connectivity index (χ0) is 10.2. The molecule has 0 fully saturated rings. The molecule has 0 aromatic rings. The summed E-state index contributed by atoms with van der Waals surface area (Å²) in [5.74, 6) is 1.54. The van der Waals surface area contributed by atoms with Crippen LogP contribution in [0.25, 0.3) is 0 Å². The molecule has 1 unspecified atom stereocenters. The van der Waals surface area contributed by atoms with Gasteiger partial charge in [-0.2, -0.15) is 10.5 Å². The SMILES string of the molecule is CC1(C)CC(S2=CC=CC2)=CCC1=O. The molecule has 1 nitrogen and oxygen atoms in total. The van der Waals surface area contributed by atoms with Crippen LogP contribution in [0, 0.1) is 5.41 Å². The van der Waals surface area contributed by atoms with Crippen molar-refractivity contribution in [2.24, 2.45) is 5.41 Å². The van der Waals surface area contributed by atoms with Crippen LogP contribution >= 0.6 is 10.5 Å².